The number of ether oxygens (including phenoxy) is 1. The molecular formula is C15H19FN2O2. The second kappa shape index (κ2) is 5.14. The van der Waals surface area contributed by atoms with E-state index in [2.05, 4.69) is 5.32 Å². The molecule has 3 rings (SSSR count). The van der Waals surface area contributed by atoms with Gasteiger partial charge in [0, 0.05) is 17.7 Å². The van der Waals surface area contributed by atoms with E-state index in [1.165, 1.54) is 6.07 Å². The number of fused-ring (bicyclic) bond motifs is 1. The molecule has 1 saturated heterocycles. The smallest absolute Gasteiger partial charge is 0.224 e. The molecule has 3 unspecified atom stereocenters. The average Bonchev–Trinajstić information content (AvgIpc) is 2.84. The van der Waals surface area contributed by atoms with Crippen LogP contribution in [0.4, 0.5) is 10.1 Å². The summed E-state index contributed by atoms with van der Waals surface area (Å²) in [6.07, 6.45) is 2.94. The molecule has 1 aromatic rings. The van der Waals surface area contributed by atoms with Crippen molar-refractivity contribution < 1.29 is 13.9 Å². The van der Waals surface area contributed by atoms with E-state index in [-0.39, 0.29) is 23.9 Å². The highest BCUT2D eigenvalue weighted by Crippen LogP contribution is 2.33. The third-order valence-corrected chi connectivity index (χ3v) is 4.14. The van der Waals surface area contributed by atoms with Gasteiger partial charge in [-0.05, 0) is 43.9 Å². The Hall–Kier alpha value is -1.46. The maximum atomic E-state index is 14.2. The van der Waals surface area contributed by atoms with Crippen molar-refractivity contribution in [3.8, 4) is 0 Å². The minimum absolute atomic E-state index is 0.0677. The number of hydrogen-bond donors (Lipinski definition) is 2. The molecule has 0 saturated carbocycles. The van der Waals surface area contributed by atoms with E-state index in [1.54, 1.807) is 6.07 Å². The van der Waals surface area contributed by atoms with Crippen molar-refractivity contribution in [2.24, 2.45) is 5.73 Å². The first kappa shape index (κ1) is 13.5. The Balaban J connectivity index is 1.88. The van der Waals surface area contributed by atoms with E-state index < -0.39 is 6.04 Å². The van der Waals surface area contributed by atoms with E-state index in [1.807, 2.05) is 6.92 Å². The number of halogens is 1. The van der Waals surface area contributed by atoms with Gasteiger partial charge in [-0.1, -0.05) is 0 Å². The van der Waals surface area contributed by atoms with Crippen LogP contribution in [-0.4, -0.2) is 18.1 Å². The van der Waals surface area contributed by atoms with Crippen LogP contribution in [0.25, 0.3) is 0 Å². The molecule has 108 valence electrons. The number of aryl methyl sites for hydroxylation is 1. The second-order valence-corrected chi connectivity index (χ2v) is 5.67. The summed E-state index contributed by atoms with van der Waals surface area (Å²) >= 11 is 0. The number of carbonyl (C=O) groups is 1. The lowest BCUT2D eigenvalue weighted by atomic mass is 9.94. The number of nitrogens with two attached hydrogens (primary N) is 1. The minimum Gasteiger partial charge on any atom is -0.373 e. The Labute approximate surface area is 117 Å². The largest absolute Gasteiger partial charge is 0.373 e. The zero-order valence-corrected chi connectivity index (χ0v) is 11.5. The van der Waals surface area contributed by atoms with Gasteiger partial charge in [0.05, 0.1) is 18.2 Å². The molecule has 20 heavy (non-hydrogen) atoms. The molecule has 1 fully saturated rings. The summed E-state index contributed by atoms with van der Waals surface area (Å²) in [4.78, 5) is 11.3. The monoisotopic (exact) mass is 278 g/mol. The highest BCUT2D eigenvalue weighted by molar-refractivity contribution is 5.93. The Morgan fingerprint density at radius 2 is 2.20 bits per heavy atom. The lowest BCUT2D eigenvalue weighted by Crippen LogP contribution is -2.28. The Kier molecular flexibility index (Phi) is 3.48. The van der Waals surface area contributed by atoms with Crippen molar-refractivity contribution in [2.75, 3.05) is 5.32 Å². The van der Waals surface area contributed by atoms with E-state index in [0.717, 1.165) is 18.4 Å². The number of benzene rings is 1. The zero-order valence-electron chi connectivity index (χ0n) is 11.5. The minimum atomic E-state index is -0.456. The number of anilines is 1. The second-order valence-electron chi connectivity index (χ2n) is 5.67. The number of amides is 1. The number of carbonyl (C=O) groups excluding carboxylic acids is 1. The summed E-state index contributed by atoms with van der Waals surface area (Å²) in [6.45, 7) is 2.01. The van der Waals surface area contributed by atoms with Gasteiger partial charge < -0.3 is 15.8 Å². The van der Waals surface area contributed by atoms with Crippen molar-refractivity contribution in [1.29, 1.82) is 0 Å². The fourth-order valence-corrected chi connectivity index (χ4v) is 2.97. The molecule has 2 heterocycles. The molecule has 2 aliphatic rings. The van der Waals surface area contributed by atoms with Crippen LogP contribution >= 0.6 is 0 Å². The summed E-state index contributed by atoms with van der Waals surface area (Å²) in [5.41, 5.74) is 8.17. The molecule has 0 aromatic heterocycles. The molecule has 0 aliphatic carbocycles. The fourth-order valence-electron chi connectivity index (χ4n) is 2.97. The van der Waals surface area contributed by atoms with Crippen LogP contribution in [0.2, 0.25) is 0 Å². The van der Waals surface area contributed by atoms with Gasteiger partial charge in [-0.25, -0.2) is 4.39 Å². The fraction of sp³-hybridized carbons (Fsp3) is 0.533. The first-order chi connectivity index (χ1) is 9.54. The summed E-state index contributed by atoms with van der Waals surface area (Å²) in [6, 6.07) is 2.70. The van der Waals surface area contributed by atoms with Gasteiger partial charge in [-0.15, -0.1) is 0 Å². The Bertz CT molecular complexity index is 547. The van der Waals surface area contributed by atoms with Gasteiger partial charge in [-0.3, -0.25) is 4.79 Å². The first-order valence-electron chi connectivity index (χ1n) is 7.08. The SMILES string of the molecule is CC1CCC(C(N)c2cc3c(cc2F)NC(=O)CC3)O1. The van der Waals surface area contributed by atoms with Crippen molar-refractivity contribution in [2.45, 2.75) is 50.9 Å². The standard InChI is InChI=1S/C15H19FN2O2/c1-8-2-4-13(20-8)15(17)10-6-9-3-5-14(19)18-12(9)7-11(10)16/h6-8,13,15H,2-5,17H2,1H3,(H,18,19). The molecule has 0 radical (unpaired) electrons. The van der Waals surface area contributed by atoms with E-state index in [4.69, 9.17) is 10.5 Å². The van der Waals surface area contributed by atoms with Crippen molar-refractivity contribution in [1.82, 2.24) is 0 Å². The molecular weight excluding hydrogens is 259 g/mol. The highest BCUT2D eigenvalue weighted by Gasteiger charge is 2.30. The molecule has 5 heteroatoms. The van der Waals surface area contributed by atoms with Crippen molar-refractivity contribution in [3.63, 3.8) is 0 Å². The van der Waals surface area contributed by atoms with Crippen LogP contribution < -0.4 is 11.1 Å². The topological polar surface area (TPSA) is 64.3 Å². The zero-order chi connectivity index (χ0) is 14.3. The lowest BCUT2D eigenvalue weighted by Gasteiger charge is -2.23. The number of rotatable bonds is 2. The molecule has 1 aromatic carbocycles. The van der Waals surface area contributed by atoms with E-state index >= 15 is 0 Å². The van der Waals surface area contributed by atoms with Crippen LogP contribution in [0.5, 0.6) is 0 Å². The maximum absolute atomic E-state index is 14.2. The van der Waals surface area contributed by atoms with Crippen molar-refractivity contribution >= 4 is 11.6 Å². The van der Waals surface area contributed by atoms with Gasteiger partial charge in [0.15, 0.2) is 0 Å². The summed E-state index contributed by atoms with van der Waals surface area (Å²) < 4.78 is 20.0. The van der Waals surface area contributed by atoms with Gasteiger partial charge >= 0.3 is 0 Å². The predicted molar refractivity (Wildman–Crippen MR) is 73.8 cm³/mol. The van der Waals surface area contributed by atoms with Crippen LogP contribution in [0, 0.1) is 5.82 Å². The van der Waals surface area contributed by atoms with Gasteiger partial charge in [0.25, 0.3) is 0 Å². The first-order valence-corrected chi connectivity index (χ1v) is 7.08. The number of nitrogens with one attached hydrogen (secondary N) is 1. The Morgan fingerprint density at radius 1 is 1.40 bits per heavy atom. The van der Waals surface area contributed by atoms with Crippen LogP contribution in [0.15, 0.2) is 12.1 Å². The Morgan fingerprint density at radius 3 is 2.90 bits per heavy atom. The third-order valence-electron chi connectivity index (χ3n) is 4.14. The summed E-state index contributed by atoms with van der Waals surface area (Å²) in [5, 5.41) is 2.69. The highest BCUT2D eigenvalue weighted by atomic mass is 19.1. The maximum Gasteiger partial charge on any atom is 0.224 e. The predicted octanol–water partition coefficient (Wildman–Crippen LogP) is 2.28. The molecule has 1 amide bonds. The third kappa shape index (κ3) is 2.43. The van der Waals surface area contributed by atoms with E-state index in [0.29, 0.717) is 24.1 Å². The van der Waals surface area contributed by atoms with Crippen LogP contribution in [0.3, 0.4) is 0 Å². The van der Waals surface area contributed by atoms with Gasteiger partial charge in [0.2, 0.25) is 5.91 Å². The summed E-state index contributed by atoms with van der Waals surface area (Å²) in [7, 11) is 0. The molecule has 3 atom stereocenters. The van der Waals surface area contributed by atoms with Crippen LogP contribution in [-0.2, 0) is 16.0 Å². The molecule has 3 N–H and O–H groups in total. The normalized spacial score (nSPS) is 27.1. The van der Waals surface area contributed by atoms with E-state index in [9.17, 15) is 9.18 Å². The number of hydrogen-bond acceptors (Lipinski definition) is 3. The van der Waals surface area contributed by atoms with Crippen molar-refractivity contribution in [3.05, 3.63) is 29.1 Å². The summed E-state index contributed by atoms with van der Waals surface area (Å²) in [5.74, 6) is -0.441. The molecule has 0 spiro atoms. The average molecular weight is 278 g/mol. The van der Waals surface area contributed by atoms with Gasteiger partial charge in [-0.2, -0.15) is 0 Å². The molecule has 4 nitrogen and oxygen atoms in total. The van der Waals surface area contributed by atoms with Gasteiger partial charge in [0.1, 0.15) is 5.82 Å². The van der Waals surface area contributed by atoms with Crippen LogP contribution in [0.1, 0.15) is 43.4 Å². The molecule has 0 bridgehead atoms. The molecule has 2 aliphatic heterocycles. The lowest BCUT2D eigenvalue weighted by molar-refractivity contribution is -0.116. The quantitative estimate of drug-likeness (QED) is 0.872.